The maximum Gasteiger partial charge on any atom is 1.00 e. The van der Waals surface area contributed by atoms with E-state index in [1.807, 2.05) is 6.92 Å². The monoisotopic (exact) mass is 151 g/mol. The molecule has 0 fully saturated rings. The van der Waals surface area contributed by atoms with Crippen LogP contribution in [0.15, 0.2) is 0 Å². The van der Waals surface area contributed by atoms with Crippen LogP contribution in [0.25, 0.3) is 0 Å². The summed E-state index contributed by atoms with van der Waals surface area (Å²) in [5.74, 6) is 0.191. The first kappa shape index (κ1) is 13.6. The van der Waals surface area contributed by atoms with E-state index >= 15 is 0 Å². The van der Waals surface area contributed by atoms with E-state index in [2.05, 4.69) is 12.2 Å². The summed E-state index contributed by atoms with van der Waals surface area (Å²) in [4.78, 5) is 10.8. The second-order valence-corrected chi connectivity index (χ2v) is 2.45. The molecular formula is C8H18LiNO. The first-order chi connectivity index (χ1) is 4.81. The fraction of sp³-hybridized carbons (Fsp3) is 0.875. The maximum absolute atomic E-state index is 10.8. The molecule has 0 aromatic rings. The topological polar surface area (TPSA) is 29.1 Å². The van der Waals surface area contributed by atoms with Gasteiger partial charge in [-0.1, -0.05) is 20.3 Å². The van der Waals surface area contributed by atoms with E-state index in [0.29, 0.717) is 6.42 Å². The molecule has 0 heterocycles. The van der Waals surface area contributed by atoms with Crippen LogP contribution in [0.2, 0.25) is 0 Å². The molecule has 0 aliphatic rings. The van der Waals surface area contributed by atoms with Crippen LogP contribution in [0.5, 0.6) is 0 Å². The van der Waals surface area contributed by atoms with Crippen molar-refractivity contribution in [1.29, 1.82) is 0 Å². The molecular weight excluding hydrogens is 133 g/mol. The Morgan fingerprint density at radius 1 is 1.36 bits per heavy atom. The Kier molecular flexibility index (Phi) is 12.5. The van der Waals surface area contributed by atoms with Crippen LogP contribution in [-0.2, 0) is 4.79 Å². The number of carbonyl (C=O) groups is 1. The molecule has 0 saturated carbocycles. The average molecular weight is 151 g/mol. The van der Waals surface area contributed by atoms with Crippen molar-refractivity contribution in [3.05, 3.63) is 0 Å². The summed E-state index contributed by atoms with van der Waals surface area (Å²) < 4.78 is 0. The summed E-state index contributed by atoms with van der Waals surface area (Å²) in [7, 11) is 0. The van der Waals surface area contributed by atoms with Gasteiger partial charge in [0.15, 0.2) is 0 Å². The van der Waals surface area contributed by atoms with Gasteiger partial charge >= 0.3 is 18.9 Å². The molecule has 0 radical (unpaired) electrons. The number of carbonyl (C=O) groups excluding carboxylic acids is 1. The van der Waals surface area contributed by atoms with E-state index in [1.54, 1.807) is 0 Å². The summed E-state index contributed by atoms with van der Waals surface area (Å²) in [6.07, 6.45) is 3.85. The van der Waals surface area contributed by atoms with Gasteiger partial charge in [-0.3, -0.25) is 4.79 Å². The molecule has 2 nitrogen and oxygen atoms in total. The maximum atomic E-state index is 10.8. The molecule has 0 bridgehead atoms. The smallest absolute Gasteiger partial charge is 1.00 e. The quantitative estimate of drug-likeness (QED) is 0.389. The number of amides is 1. The van der Waals surface area contributed by atoms with Gasteiger partial charge in [-0.2, -0.15) is 0 Å². The zero-order valence-electron chi connectivity index (χ0n) is 8.94. The third-order valence-corrected chi connectivity index (χ3v) is 1.33. The van der Waals surface area contributed by atoms with Gasteiger partial charge in [0.2, 0.25) is 5.91 Å². The third-order valence-electron chi connectivity index (χ3n) is 1.33. The largest absolute Gasteiger partial charge is 1.00 e. The van der Waals surface area contributed by atoms with Gasteiger partial charge in [-0.25, -0.2) is 0 Å². The molecule has 0 aliphatic carbocycles. The Balaban J connectivity index is -0.000000405. The van der Waals surface area contributed by atoms with Crippen LogP contribution < -0.4 is 24.2 Å². The summed E-state index contributed by atoms with van der Waals surface area (Å²) >= 11 is 0. The van der Waals surface area contributed by atoms with Crippen LogP contribution >= 0.6 is 0 Å². The van der Waals surface area contributed by atoms with Crippen LogP contribution in [0.3, 0.4) is 0 Å². The first-order valence-electron chi connectivity index (χ1n) is 4.08. The molecule has 1 N–H and O–H groups in total. The van der Waals surface area contributed by atoms with Gasteiger partial charge in [0.05, 0.1) is 0 Å². The van der Waals surface area contributed by atoms with E-state index in [4.69, 9.17) is 0 Å². The number of rotatable bonds is 5. The second-order valence-electron chi connectivity index (χ2n) is 2.45. The van der Waals surface area contributed by atoms with E-state index in [0.717, 1.165) is 25.8 Å². The summed E-state index contributed by atoms with van der Waals surface area (Å²) in [6.45, 7) is 4.97. The molecule has 0 aromatic heterocycles. The minimum Gasteiger partial charge on any atom is -1.00 e. The molecule has 0 atom stereocenters. The van der Waals surface area contributed by atoms with Crippen LogP contribution in [0, 0.1) is 0 Å². The van der Waals surface area contributed by atoms with Crippen molar-refractivity contribution in [3.8, 4) is 0 Å². The van der Waals surface area contributed by atoms with Crippen LogP contribution in [-0.4, -0.2) is 12.5 Å². The standard InChI is InChI=1S/C8H17NO.Li.H/c1-3-5-7-9-8(10)6-4-2;;/h3-7H2,1-2H3,(H,9,10);;/q;+1;-1. The fourth-order valence-corrected chi connectivity index (χ4v) is 0.720. The van der Waals surface area contributed by atoms with Gasteiger partial charge in [0.25, 0.3) is 0 Å². The molecule has 0 aliphatic heterocycles. The first-order valence-corrected chi connectivity index (χ1v) is 4.08. The summed E-state index contributed by atoms with van der Waals surface area (Å²) in [5.41, 5.74) is 0. The Morgan fingerprint density at radius 2 is 2.00 bits per heavy atom. The zero-order chi connectivity index (χ0) is 7.82. The molecule has 1 amide bonds. The average Bonchev–Trinajstić information content (AvgIpc) is 1.89. The van der Waals surface area contributed by atoms with Gasteiger partial charge < -0.3 is 6.74 Å². The van der Waals surface area contributed by atoms with Gasteiger partial charge in [-0.05, 0) is 12.8 Å². The van der Waals surface area contributed by atoms with E-state index in [1.165, 1.54) is 0 Å². The van der Waals surface area contributed by atoms with Crippen molar-refractivity contribution < 1.29 is 25.1 Å². The van der Waals surface area contributed by atoms with Gasteiger partial charge in [0.1, 0.15) is 0 Å². The number of nitrogens with one attached hydrogen (secondary N) is 1. The van der Waals surface area contributed by atoms with Crippen molar-refractivity contribution in [1.82, 2.24) is 5.32 Å². The Hall–Kier alpha value is 0.0674. The van der Waals surface area contributed by atoms with Crippen molar-refractivity contribution in [2.45, 2.75) is 39.5 Å². The Bertz CT molecular complexity index is 101. The van der Waals surface area contributed by atoms with Crippen LogP contribution in [0.4, 0.5) is 0 Å². The van der Waals surface area contributed by atoms with Crippen molar-refractivity contribution >= 4 is 5.91 Å². The molecule has 0 rings (SSSR count). The van der Waals surface area contributed by atoms with Crippen molar-refractivity contribution in [2.75, 3.05) is 6.54 Å². The molecule has 0 spiro atoms. The molecule has 11 heavy (non-hydrogen) atoms. The molecule has 0 unspecified atom stereocenters. The Morgan fingerprint density at radius 3 is 2.45 bits per heavy atom. The van der Waals surface area contributed by atoms with Gasteiger partial charge in [-0.15, -0.1) is 0 Å². The zero-order valence-corrected chi connectivity index (χ0v) is 7.94. The minimum absolute atomic E-state index is 0. The fourth-order valence-electron chi connectivity index (χ4n) is 0.720. The predicted octanol–water partition coefficient (Wildman–Crippen LogP) is -1.18. The SMILES string of the molecule is CCCCNC(=O)CCC.[H-].[Li+]. The third kappa shape index (κ3) is 10.1. The molecule has 62 valence electrons. The predicted molar refractivity (Wildman–Crippen MR) is 43.9 cm³/mol. The normalized spacial score (nSPS) is 8.55. The van der Waals surface area contributed by atoms with Crippen LogP contribution in [0.1, 0.15) is 41.0 Å². The van der Waals surface area contributed by atoms with Crippen molar-refractivity contribution in [3.63, 3.8) is 0 Å². The number of unbranched alkanes of at least 4 members (excludes halogenated alkanes) is 1. The summed E-state index contributed by atoms with van der Waals surface area (Å²) in [5, 5.41) is 2.85. The minimum atomic E-state index is 0. The molecule has 0 aromatic carbocycles. The van der Waals surface area contributed by atoms with E-state index < -0.39 is 0 Å². The molecule has 3 heteroatoms. The Labute approximate surface area is 82.8 Å². The van der Waals surface area contributed by atoms with E-state index in [-0.39, 0.29) is 26.2 Å². The van der Waals surface area contributed by atoms with Crippen molar-refractivity contribution in [2.24, 2.45) is 0 Å². The number of hydrogen-bond acceptors (Lipinski definition) is 1. The number of hydrogen-bond donors (Lipinski definition) is 1. The van der Waals surface area contributed by atoms with Gasteiger partial charge in [0, 0.05) is 13.0 Å². The molecule has 0 saturated heterocycles. The summed E-state index contributed by atoms with van der Waals surface area (Å²) in [6, 6.07) is 0. The second kappa shape index (κ2) is 10.1. The van der Waals surface area contributed by atoms with E-state index in [9.17, 15) is 4.79 Å².